The van der Waals surface area contributed by atoms with Crippen molar-refractivity contribution < 1.29 is 23.0 Å². The van der Waals surface area contributed by atoms with Gasteiger partial charge in [-0.05, 0) is 11.1 Å². The van der Waals surface area contributed by atoms with Gasteiger partial charge in [0.2, 0.25) is 0 Å². The van der Waals surface area contributed by atoms with Crippen LogP contribution in [0.5, 0.6) is 0 Å². The summed E-state index contributed by atoms with van der Waals surface area (Å²) in [6.45, 7) is -0.0132. The van der Waals surface area contributed by atoms with Crippen molar-refractivity contribution in [1.29, 1.82) is 0 Å². The number of benzene rings is 2. The summed E-state index contributed by atoms with van der Waals surface area (Å²) in [6.07, 6.45) is 0. The van der Waals surface area contributed by atoms with E-state index in [4.69, 9.17) is 19.4 Å². The molecule has 0 fully saturated rings. The van der Waals surface area contributed by atoms with E-state index in [9.17, 15) is 9.36 Å². The van der Waals surface area contributed by atoms with Crippen LogP contribution < -0.4 is 11.2 Å². The standard InChI is InChI=1S/C15H17N2O5P/c16-15(18)17-22-23(19,20-11-13-7-3-1-4-8-13)21-12-14-9-5-2-6-10-14/h1-10H,11-12H2,(H3,16,17,18). The number of hydrogen-bond acceptors (Lipinski definition) is 5. The summed E-state index contributed by atoms with van der Waals surface area (Å²) >= 11 is 0. The minimum Gasteiger partial charge on any atom is -0.350 e. The average molecular weight is 336 g/mol. The summed E-state index contributed by atoms with van der Waals surface area (Å²) in [5, 5.41) is 0. The Labute approximate surface area is 133 Å². The van der Waals surface area contributed by atoms with E-state index in [2.05, 4.69) is 0 Å². The van der Waals surface area contributed by atoms with E-state index in [1.54, 1.807) is 29.7 Å². The first kappa shape index (κ1) is 17.2. The number of primary amides is 1. The lowest BCUT2D eigenvalue weighted by atomic mass is 10.2. The third kappa shape index (κ3) is 6.22. The summed E-state index contributed by atoms with van der Waals surface area (Å²) in [7, 11) is -4.02. The minimum absolute atomic E-state index is 0.00660. The first-order valence-corrected chi connectivity index (χ1v) is 8.24. The van der Waals surface area contributed by atoms with E-state index >= 15 is 0 Å². The lowest BCUT2D eigenvalue weighted by Gasteiger charge is -2.17. The molecule has 2 amide bonds. The molecule has 3 N–H and O–H groups in total. The van der Waals surface area contributed by atoms with Gasteiger partial charge in [0.25, 0.3) is 0 Å². The number of amides is 2. The van der Waals surface area contributed by atoms with Crippen LogP contribution in [0.15, 0.2) is 60.7 Å². The summed E-state index contributed by atoms with van der Waals surface area (Å²) in [5.41, 5.74) is 8.24. The summed E-state index contributed by atoms with van der Waals surface area (Å²) in [4.78, 5) is 10.7. The zero-order valence-corrected chi connectivity index (χ0v) is 13.1. The number of urea groups is 1. The van der Waals surface area contributed by atoms with Gasteiger partial charge in [0.15, 0.2) is 0 Å². The van der Waals surface area contributed by atoms with Crippen LogP contribution in [0, 0.1) is 0 Å². The molecule has 2 rings (SSSR count). The first-order valence-electron chi connectivity index (χ1n) is 6.78. The average Bonchev–Trinajstić information content (AvgIpc) is 2.59. The maximum absolute atomic E-state index is 12.5. The van der Waals surface area contributed by atoms with Gasteiger partial charge < -0.3 is 5.73 Å². The molecule has 0 unspecified atom stereocenters. The molecule has 7 nitrogen and oxygen atoms in total. The van der Waals surface area contributed by atoms with Crippen molar-refractivity contribution in [2.45, 2.75) is 13.2 Å². The maximum Gasteiger partial charge on any atom is 0.497 e. The highest BCUT2D eigenvalue weighted by Gasteiger charge is 2.28. The fourth-order valence-electron chi connectivity index (χ4n) is 1.65. The number of nitrogens with two attached hydrogens (primary N) is 1. The highest BCUT2D eigenvalue weighted by atomic mass is 31.2. The number of hydrogen-bond donors (Lipinski definition) is 2. The monoisotopic (exact) mass is 336 g/mol. The second-order valence-electron chi connectivity index (χ2n) is 4.52. The molecule has 0 bridgehead atoms. The Bertz CT molecular complexity index is 619. The first-order chi connectivity index (χ1) is 11.1. The zero-order chi connectivity index (χ0) is 16.5. The Morgan fingerprint density at radius 2 is 1.35 bits per heavy atom. The SMILES string of the molecule is NC(=O)NOP(=O)(OCc1ccccc1)OCc1ccccc1. The number of nitrogens with one attached hydrogen (secondary N) is 1. The summed E-state index contributed by atoms with van der Waals surface area (Å²) < 4.78 is 27.7. The smallest absolute Gasteiger partial charge is 0.350 e. The Morgan fingerprint density at radius 3 is 1.74 bits per heavy atom. The quantitative estimate of drug-likeness (QED) is 0.570. The highest BCUT2D eigenvalue weighted by molar-refractivity contribution is 7.48. The molecule has 0 aliphatic carbocycles. The van der Waals surface area contributed by atoms with E-state index in [1.807, 2.05) is 36.4 Å². The molecule has 8 heteroatoms. The van der Waals surface area contributed by atoms with Crippen molar-refractivity contribution in [2.75, 3.05) is 0 Å². The van der Waals surface area contributed by atoms with Crippen LogP contribution in [-0.4, -0.2) is 6.03 Å². The molecule has 0 saturated carbocycles. The third-order valence-electron chi connectivity index (χ3n) is 2.72. The molecular weight excluding hydrogens is 319 g/mol. The number of rotatable bonds is 8. The van der Waals surface area contributed by atoms with Crippen LogP contribution in [-0.2, 0) is 31.5 Å². The third-order valence-corrected chi connectivity index (χ3v) is 3.93. The van der Waals surface area contributed by atoms with Crippen molar-refractivity contribution in [3.8, 4) is 0 Å². The molecule has 0 aliphatic rings. The van der Waals surface area contributed by atoms with Crippen LogP contribution >= 0.6 is 7.82 Å². The Morgan fingerprint density at radius 1 is 0.913 bits per heavy atom. The number of carbonyl (C=O) groups excluding carboxylic acids is 1. The molecule has 122 valence electrons. The van der Waals surface area contributed by atoms with Crippen LogP contribution in [0.2, 0.25) is 0 Å². The van der Waals surface area contributed by atoms with Gasteiger partial charge in [0.1, 0.15) is 0 Å². The molecule has 0 saturated heterocycles. The van der Waals surface area contributed by atoms with Gasteiger partial charge in [-0.1, -0.05) is 60.7 Å². The molecule has 0 radical (unpaired) electrons. The highest BCUT2D eigenvalue weighted by Crippen LogP contribution is 2.49. The molecule has 0 aliphatic heterocycles. The van der Waals surface area contributed by atoms with Crippen LogP contribution in [0.25, 0.3) is 0 Å². The lowest BCUT2D eigenvalue weighted by molar-refractivity contribution is 0.0743. The van der Waals surface area contributed by atoms with Crippen molar-refractivity contribution in [1.82, 2.24) is 5.48 Å². The second kappa shape index (κ2) is 8.45. The fraction of sp³-hybridized carbons (Fsp3) is 0.133. The van der Waals surface area contributed by atoms with Gasteiger partial charge in [-0.2, -0.15) is 4.62 Å². The van der Waals surface area contributed by atoms with Crippen LogP contribution in [0.3, 0.4) is 0 Å². The molecule has 23 heavy (non-hydrogen) atoms. The number of carbonyl (C=O) groups is 1. The number of hydroxylamine groups is 1. The Kier molecular flexibility index (Phi) is 6.31. The van der Waals surface area contributed by atoms with E-state index in [0.29, 0.717) is 0 Å². The predicted octanol–water partition coefficient (Wildman–Crippen LogP) is 3.13. The van der Waals surface area contributed by atoms with Gasteiger partial charge >= 0.3 is 13.9 Å². The largest absolute Gasteiger partial charge is 0.497 e. The Balaban J connectivity index is 1.99. The van der Waals surface area contributed by atoms with Crippen molar-refractivity contribution >= 4 is 13.9 Å². The van der Waals surface area contributed by atoms with Gasteiger partial charge in [-0.25, -0.2) is 14.8 Å². The van der Waals surface area contributed by atoms with Gasteiger partial charge in [-0.3, -0.25) is 9.05 Å². The summed E-state index contributed by atoms with van der Waals surface area (Å²) in [5.74, 6) is 0. The number of phosphoric ester groups is 1. The zero-order valence-electron chi connectivity index (χ0n) is 12.3. The number of phosphoric acid groups is 1. The molecule has 0 aromatic heterocycles. The Hall–Kier alpha value is -2.18. The molecular formula is C15H17N2O5P. The van der Waals surface area contributed by atoms with Gasteiger partial charge in [0.05, 0.1) is 13.2 Å². The van der Waals surface area contributed by atoms with E-state index in [-0.39, 0.29) is 13.2 Å². The fourth-order valence-corrected chi connectivity index (χ4v) is 2.64. The van der Waals surface area contributed by atoms with Crippen LogP contribution in [0.4, 0.5) is 4.79 Å². The second-order valence-corrected chi connectivity index (χ2v) is 6.12. The molecule has 0 heterocycles. The van der Waals surface area contributed by atoms with Crippen molar-refractivity contribution in [3.05, 3.63) is 71.8 Å². The molecule has 2 aromatic carbocycles. The normalized spacial score (nSPS) is 11.1. The van der Waals surface area contributed by atoms with Crippen LogP contribution in [0.1, 0.15) is 11.1 Å². The van der Waals surface area contributed by atoms with E-state index in [0.717, 1.165) is 11.1 Å². The minimum atomic E-state index is -4.02. The van der Waals surface area contributed by atoms with Gasteiger partial charge in [-0.15, -0.1) is 0 Å². The maximum atomic E-state index is 12.5. The van der Waals surface area contributed by atoms with E-state index < -0.39 is 13.9 Å². The van der Waals surface area contributed by atoms with E-state index in [1.165, 1.54) is 0 Å². The predicted molar refractivity (Wildman–Crippen MR) is 83.9 cm³/mol. The molecule has 0 spiro atoms. The van der Waals surface area contributed by atoms with Gasteiger partial charge in [0, 0.05) is 0 Å². The molecule has 0 atom stereocenters. The topological polar surface area (TPSA) is 99.9 Å². The summed E-state index contributed by atoms with van der Waals surface area (Å²) in [6, 6.07) is 17.1. The lowest BCUT2D eigenvalue weighted by Crippen LogP contribution is -2.29. The van der Waals surface area contributed by atoms with Crippen molar-refractivity contribution in [2.24, 2.45) is 5.73 Å². The van der Waals surface area contributed by atoms with Crippen molar-refractivity contribution in [3.63, 3.8) is 0 Å². The molecule has 2 aromatic rings.